The third kappa shape index (κ3) is 2.99. The van der Waals surface area contributed by atoms with E-state index in [1.54, 1.807) is 6.20 Å². The monoisotopic (exact) mass is 361 g/mol. The van der Waals surface area contributed by atoms with Gasteiger partial charge in [0.05, 0.1) is 17.7 Å². The molecule has 0 spiro atoms. The Kier molecular flexibility index (Phi) is 4.46. The van der Waals surface area contributed by atoms with E-state index in [2.05, 4.69) is 10.1 Å². The Labute approximate surface area is 156 Å². The summed E-state index contributed by atoms with van der Waals surface area (Å²) in [5.41, 5.74) is 1.88. The lowest BCUT2D eigenvalue weighted by molar-refractivity contribution is 0.341. The predicted octanol–water partition coefficient (Wildman–Crippen LogP) is 4.14. The van der Waals surface area contributed by atoms with Gasteiger partial charge < -0.3 is 13.8 Å². The minimum absolute atomic E-state index is 0.122. The second-order valence-corrected chi connectivity index (χ2v) is 6.03. The molecule has 0 N–H and O–H groups in total. The van der Waals surface area contributed by atoms with Gasteiger partial charge in [-0.2, -0.15) is 4.98 Å². The highest BCUT2D eigenvalue weighted by Gasteiger charge is 2.18. The second kappa shape index (κ2) is 7.07. The lowest BCUT2D eigenvalue weighted by atomic mass is 10.1. The predicted molar refractivity (Wildman–Crippen MR) is 104 cm³/mol. The summed E-state index contributed by atoms with van der Waals surface area (Å²) in [6, 6.07) is 15.0. The molecular formula is C21H19N3O3. The van der Waals surface area contributed by atoms with Gasteiger partial charge in [0, 0.05) is 18.1 Å². The molecule has 136 valence electrons. The molecule has 0 aliphatic heterocycles. The van der Waals surface area contributed by atoms with E-state index < -0.39 is 0 Å². The quantitative estimate of drug-likeness (QED) is 0.534. The third-order valence-corrected chi connectivity index (χ3v) is 4.41. The standard InChI is InChI=1S/C21H19N3O3/c1-3-24-13-16(19(25)14-9-5-7-11-17(14)24)21-22-20(23-27-21)15-10-6-8-12-18(15)26-4-2/h5-13H,3-4H2,1-2H3. The first-order valence-corrected chi connectivity index (χ1v) is 8.91. The van der Waals surface area contributed by atoms with Gasteiger partial charge in [-0.1, -0.05) is 29.4 Å². The van der Waals surface area contributed by atoms with Gasteiger partial charge in [0.2, 0.25) is 11.3 Å². The minimum Gasteiger partial charge on any atom is -0.493 e. The minimum atomic E-state index is -0.122. The largest absolute Gasteiger partial charge is 0.493 e. The number of rotatable bonds is 5. The molecule has 0 saturated carbocycles. The second-order valence-electron chi connectivity index (χ2n) is 6.03. The van der Waals surface area contributed by atoms with Crippen LogP contribution in [0.1, 0.15) is 13.8 Å². The highest BCUT2D eigenvalue weighted by molar-refractivity contribution is 5.82. The van der Waals surface area contributed by atoms with Gasteiger partial charge in [-0.15, -0.1) is 0 Å². The summed E-state index contributed by atoms with van der Waals surface area (Å²) in [5.74, 6) is 1.27. The molecule has 0 aliphatic rings. The van der Waals surface area contributed by atoms with Gasteiger partial charge in [-0.25, -0.2) is 0 Å². The van der Waals surface area contributed by atoms with Gasteiger partial charge in [0.15, 0.2) is 0 Å². The molecule has 4 rings (SSSR count). The molecule has 6 nitrogen and oxygen atoms in total. The molecule has 0 radical (unpaired) electrons. The zero-order chi connectivity index (χ0) is 18.8. The number of aryl methyl sites for hydroxylation is 1. The van der Waals surface area contributed by atoms with Crippen LogP contribution in [0.4, 0.5) is 0 Å². The van der Waals surface area contributed by atoms with Crippen molar-refractivity contribution in [2.24, 2.45) is 0 Å². The number of hydrogen-bond acceptors (Lipinski definition) is 5. The Morgan fingerprint density at radius 1 is 1.04 bits per heavy atom. The first-order valence-electron chi connectivity index (χ1n) is 8.91. The van der Waals surface area contributed by atoms with Gasteiger partial charge >= 0.3 is 0 Å². The van der Waals surface area contributed by atoms with E-state index >= 15 is 0 Å². The normalized spacial score (nSPS) is 11.0. The van der Waals surface area contributed by atoms with Crippen LogP contribution in [0.3, 0.4) is 0 Å². The van der Waals surface area contributed by atoms with Crippen LogP contribution in [-0.2, 0) is 6.54 Å². The zero-order valence-electron chi connectivity index (χ0n) is 15.2. The summed E-state index contributed by atoms with van der Waals surface area (Å²) in [5, 5.41) is 4.70. The van der Waals surface area contributed by atoms with Gasteiger partial charge in [-0.05, 0) is 38.1 Å². The first kappa shape index (κ1) is 17.0. The molecule has 4 aromatic rings. The average molecular weight is 361 g/mol. The van der Waals surface area contributed by atoms with Crippen LogP contribution in [0.2, 0.25) is 0 Å². The van der Waals surface area contributed by atoms with E-state index in [4.69, 9.17) is 9.26 Å². The lowest BCUT2D eigenvalue weighted by Gasteiger charge is -2.09. The van der Waals surface area contributed by atoms with E-state index in [1.807, 2.05) is 66.9 Å². The number of nitrogens with zero attached hydrogens (tertiary/aromatic N) is 3. The molecular weight excluding hydrogens is 342 g/mol. The van der Waals surface area contributed by atoms with Gasteiger partial charge in [0.25, 0.3) is 5.89 Å². The first-order chi connectivity index (χ1) is 13.2. The molecule has 0 bridgehead atoms. The number of aromatic nitrogens is 3. The van der Waals surface area contributed by atoms with E-state index in [1.165, 1.54) is 0 Å². The number of benzene rings is 2. The maximum absolute atomic E-state index is 12.9. The Morgan fingerprint density at radius 3 is 2.63 bits per heavy atom. The van der Waals surface area contributed by atoms with Crippen molar-refractivity contribution in [3.8, 4) is 28.6 Å². The van der Waals surface area contributed by atoms with Crippen LogP contribution in [0.25, 0.3) is 33.7 Å². The lowest BCUT2D eigenvalue weighted by Crippen LogP contribution is -2.11. The van der Waals surface area contributed by atoms with E-state index in [-0.39, 0.29) is 11.3 Å². The van der Waals surface area contributed by atoms with Crippen LogP contribution in [0.15, 0.2) is 64.0 Å². The van der Waals surface area contributed by atoms with E-state index in [9.17, 15) is 4.79 Å². The van der Waals surface area contributed by atoms with Gasteiger partial charge in [-0.3, -0.25) is 4.79 Å². The molecule has 6 heteroatoms. The fourth-order valence-corrected chi connectivity index (χ4v) is 3.13. The van der Waals surface area contributed by atoms with Crippen LogP contribution >= 0.6 is 0 Å². The van der Waals surface area contributed by atoms with Crippen molar-refractivity contribution in [2.75, 3.05) is 6.61 Å². The van der Waals surface area contributed by atoms with Crippen molar-refractivity contribution < 1.29 is 9.26 Å². The number of para-hydroxylation sites is 2. The Morgan fingerprint density at radius 2 is 1.81 bits per heavy atom. The molecule has 0 unspecified atom stereocenters. The zero-order valence-corrected chi connectivity index (χ0v) is 15.2. The molecule has 0 aliphatic carbocycles. The van der Waals surface area contributed by atoms with Crippen molar-refractivity contribution in [2.45, 2.75) is 20.4 Å². The Bertz CT molecular complexity index is 1160. The SMILES string of the molecule is CCOc1ccccc1-c1noc(-c2cn(CC)c3ccccc3c2=O)n1. The molecule has 2 aromatic carbocycles. The van der Waals surface area contributed by atoms with Gasteiger partial charge in [0.1, 0.15) is 11.3 Å². The van der Waals surface area contributed by atoms with Crippen molar-refractivity contribution in [3.05, 3.63) is 65.0 Å². The highest BCUT2D eigenvalue weighted by Crippen LogP contribution is 2.29. The molecule has 27 heavy (non-hydrogen) atoms. The number of pyridine rings is 1. The molecule has 2 heterocycles. The number of hydrogen-bond donors (Lipinski definition) is 0. The van der Waals surface area contributed by atoms with Crippen LogP contribution in [0, 0.1) is 0 Å². The highest BCUT2D eigenvalue weighted by atomic mass is 16.5. The summed E-state index contributed by atoms with van der Waals surface area (Å²) in [6.45, 7) is 5.20. The molecule has 0 saturated heterocycles. The number of ether oxygens (including phenoxy) is 1. The fraction of sp³-hybridized carbons (Fsp3) is 0.190. The summed E-state index contributed by atoms with van der Waals surface area (Å²) in [6.07, 6.45) is 1.77. The average Bonchev–Trinajstić information content (AvgIpc) is 3.19. The van der Waals surface area contributed by atoms with E-state index in [0.717, 1.165) is 17.6 Å². The van der Waals surface area contributed by atoms with Crippen molar-refractivity contribution >= 4 is 10.9 Å². The summed E-state index contributed by atoms with van der Waals surface area (Å²) >= 11 is 0. The van der Waals surface area contributed by atoms with Crippen molar-refractivity contribution in [1.82, 2.24) is 14.7 Å². The maximum atomic E-state index is 12.9. The van der Waals surface area contributed by atoms with Crippen molar-refractivity contribution in [1.29, 1.82) is 0 Å². The van der Waals surface area contributed by atoms with Crippen molar-refractivity contribution in [3.63, 3.8) is 0 Å². The number of fused-ring (bicyclic) bond motifs is 1. The summed E-state index contributed by atoms with van der Waals surface area (Å²) < 4.78 is 13.1. The van der Waals surface area contributed by atoms with Crippen LogP contribution < -0.4 is 10.2 Å². The topological polar surface area (TPSA) is 70.2 Å². The maximum Gasteiger partial charge on any atom is 0.263 e. The summed E-state index contributed by atoms with van der Waals surface area (Å²) in [4.78, 5) is 17.4. The summed E-state index contributed by atoms with van der Waals surface area (Å²) in [7, 11) is 0. The molecule has 2 aromatic heterocycles. The van der Waals surface area contributed by atoms with E-state index in [0.29, 0.717) is 29.1 Å². The molecule has 0 atom stereocenters. The fourth-order valence-electron chi connectivity index (χ4n) is 3.13. The Hall–Kier alpha value is -3.41. The third-order valence-electron chi connectivity index (χ3n) is 4.41. The van der Waals surface area contributed by atoms with Crippen LogP contribution in [0.5, 0.6) is 5.75 Å². The molecule has 0 amide bonds. The molecule has 0 fully saturated rings. The smallest absolute Gasteiger partial charge is 0.263 e. The van der Waals surface area contributed by atoms with Crippen LogP contribution in [-0.4, -0.2) is 21.3 Å². The Balaban J connectivity index is 1.85.